The van der Waals surface area contributed by atoms with Crippen LogP contribution in [-0.2, 0) is 6.54 Å². The van der Waals surface area contributed by atoms with Crippen molar-refractivity contribution in [2.45, 2.75) is 25.1 Å². The van der Waals surface area contributed by atoms with E-state index in [-0.39, 0.29) is 18.3 Å². The number of fused-ring (bicyclic) bond motifs is 1. The van der Waals surface area contributed by atoms with Crippen molar-refractivity contribution in [2.75, 3.05) is 19.7 Å². The minimum absolute atomic E-state index is 0.288. The monoisotopic (exact) mass is 511 g/mol. The van der Waals surface area contributed by atoms with Crippen LogP contribution in [0, 0.1) is 5.82 Å². The first kappa shape index (κ1) is 22.0. The summed E-state index contributed by atoms with van der Waals surface area (Å²) in [4.78, 5) is 19.8. The quantitative estimate of drug-likeness (QED) is 0.563. The van der Waals surface area contributed by atoms with Crippen molar-refractivity contribution in [3.63, 3.8) is 0 Å². The standard InChI is InChI=1S/C25H23BrFN3O3/c26-19-7-18(8-20(27)11-19)23(14-31)30-6-3-16(10-24(30)33)15-1-2-17-12-28-25(22(17)9-15)29-5-4-21(32)13-29/h1-3,6-11,21,23,31-32H,4-5,12-14H2/t21?,23-/m1/s1. The van der Waals surface area contributed by atoms with E-state index in [4.69, 9.17) is 0 Å². The smallest absolute Gasteiger partial charge is 0.251 e. The normalized spacial score (nSPS) is 18.4. The van der Waals surface area contributed by atoms with Gasteiger partial charge in [0.1, 0.15) is 11.7 Å². The van der Waals surface area contributed by atoms with Crippen molar-refractivity contribution >= 4 is 21.8 Å². The molecule has 2 N–H and O–H groups in total. The summed E-state index contributed by atoms with van der Waals surface area (Å²) in [5.41, 5.74) is 4.02. The van der Waals surface area contributed by atoms with E-state index in [9.17, 15) is 19.4 Å². The highest BCUT2D eigenvalue weighted by atomic mass is 79.9. The number of likely N-dealkylation sites (tertiary alicyclic amines) is 1. The van der Waals surface area contributed by atoms with Crippen LogP contribution in [0.1, 0.15) is 29.2 Å². The number of aliphatic hydroxyl groups is 2. The molecule has 0 spiro atoms. The molecule has 0 radical (unpaired) electrons. The molecule has 0 bridgehead atoms. The van der Waals surface area contributed by atoms with Gasteiger partial charge in [0.15, 0.2) is 0 Å². The van der Waals surface area contributed by atoms with E-state index in [1.807, 2.05) is 24.3 Å². The summed E-state index contributed by atoms with van der Waals surface area (Å²) in [6, 6.07) is 13.1. The van der Waals surface area contributed by atoms with Gasteiger partial charge in [0.05, 0.1) is 25.3 Å². The van der Waals surface area contributed by atoms with Crippen LogP contribution in [0.4, 0.5) is 4.39 Å². The number of aliphatic imine (C=N–C) groups is 1. The first-order valence-electron chi connectivity index (χ1n) is 10.8. The van der Waals surface area contributed by atoms with Crippen LogP contribution in [0.3, 0.4) is 0 Å². The van der Waals surface area contributed by atoms with Crippen molar-refractivity contribution in [1.82, 2.24) is 9.47 Å². The van der Waals surface area contributed by atoms with Crippen LogP contribution in [0.5, 0.6) is 0 Å². The number of hydrogen-bond donors (Lipinski definition) is 2. The topological polar surface area (TPSA) is 78.1 Å². The van der Waals surface area contributed by atoms with Crippen LogP contribution in [-0.4, -0.2) is 51.3 Å². The van der Waals surface area contributed by atoms with Crippen molar-refractivity contribution in [2.24, 2.45) is 4.99 Å². The molecule has 0 aliphatic carbocycles. The molecule has 2 aliphatic heterocycles. The largest absolute Gasteiger partial charge is 0.394 e. The average Bonchev–Trinajstić information content (AvgIpc) is 3.40. The van der Waals surface area contributed by atoms with E-state index in [0.717, 1.165) is 41.1 Å². The lowest BCUT2D eigenvalue weighted by molar-refractivity contribution is 0.188. The lowest BCUT2D eigenvalue weighted by Gasteiger charge is -2.20. The third-order valence-electron chi connectivity index (χ3n) is 6.27. The third-order valence-corrected chi connectivity index (χ3v) is 6.73. The van der Waals surface area contributed by atoms with E-state index in [1.165, 1.54) is 22.8 Å². The Morgan fingerprint density at radius 2 is 1.97 bits per heavy atom. The molecule has 0 amide bonds. The molecule has 1 fully saturated rings. The average molecular weight is 512 g/mol. The lowest BCUT2D eigenvalue weighted by atomic mass is 9.99. The number of pyridine rings is 1. The SMILES string of the molecule is O=c1cc(-c2ccc3c(c2)C(N2CCC(O)C2)=NC3)ccn1[C@H](CO)c1cc(F)cc(Br)c1. The highest BCUT2D eigenvalue weighted by molar-refractivity contribution is 9.10. The molecule has 1 aromatic heterocycles. The van der Waals surface area contributed by atoms with Gasteiger partial charge in [-0.2, -0.15) is 0 Å². The second kappa shape index (κ2) is 8.85. The fraction of sp³-hybridized carbons (Fsp3) is 0.280. The Kier molecular flexibility index (Phi) is 5.90. The van der Waals surface area contributed by atoms with Crippen molar-refractivity contribution in [1.29, 1.82) is 0 Å². The van der Waals surface area contributed by atoms with Crippen LogP contribution in [0.15, 0.2) is 69.0 Å². The summed E-state index contributed by atoms with van der Waals surface area (Å²) >= 11 is 3.26. The van der Waals surface area contributed by atoms with Gasteiger partial charge >= 0.3 is 0 Å². The molecule has 2 aliphatic rings. The Morgan fingerprint density at radius 3 is 2.67 bits per heavy atom. The van der Waals surface area contributed by atoms with Gasteiger partial charge in [-0.3, -0.25) is 9.79 Å². The van der Waals surface area contributed by atoms with Crippen molar-refractivity contribution in [3.05, 3.63) is 92.1 Å². The Labute approximate surface area is 198 Å². The van der Waals surface area contributed by atoms with Gasteiger partial charge in [-0.15, -0.1) is 0 Å². The number of halogens is 2. The van der Waals surface area contributed by atoms with E-state index >= 15 is 0 Å². The lowest BCUT2D eigenvalue weighted by Crippen LogP contribution is -2.29. The molecular formula is C25H23BrFN3O3. The Balaban J connectivity index is 1.47. The number of aliphatic hydroxyl groups excluding tert-OH is 2. The maximum atomic E-state index is 13.9. The molecule has 8 heteroatoms. The molecule has 3 aromatic rings. The Morgan fingerprint density at radius 1 is 1.15 bits per heavy atom. The van der Waals surface area contributed by atoms with Gasteiger partial charge in [0, 0.05) is 35.4 Å². The predicted molar refractivity (Wildman–Crippen MR) is 128 cm³/mol. The van der Waals surface area contributed by atoms with Crippen LogP contribution < -0.4 is 5.56 Å². The summed E-state index contributed by atoms with van der Waals surface area (Å²) in [6.07, 6.45) is 2.04. The highest BCUT2D eigenvalue weighted by Gasteiger charge is 2.28. The van der Waals surface area contributed by atoms with Crippen molar-refractivity contribution < 1.29 is 14.6 Å². The predicted octanol–water partition coefficient (Wildman–Crippen LogP) is 3.33. The fourth-order valence-corrected chi connectivity index (χ4v) is 5.08. The van der Waals surface area contributed by atoms with E-state index in [0.29, 0.717) is 23.1 Å². The molecule has 2 atom stereocenters. The van der Waals surface area contributed by atoms with Gasteiger partial charge in [-0.25, -0.2) is 4.39 Å². The molecule has 6 nitrogen and oxygen atoms in total. The van der Waals surface area contributed by atoms with Gasteiger partial charge in [-0.05, 0) is 59.0 Å². The van der Waals surface area contributed by atoms with E-state index < -0.39 is 11.9 Å². The maximum absolute atomic E-state index is 13.9. The van der Waals surface area contributed by atoms with Crippen LogP contribution in [0.2, 0.25) is 0 Å². The van der Waals surface area contributed by atoms with Gasteiger partial charge in [0.2, 0.25) is 0 Å². The molecular weight excluding hydrogens is 489 g/mol. The molecule has 1 unspecified atom stereocenters. The number of benzene rings is 2. The molecule has 170 valence electrons. The van der Waals surface area contributed by atoms with E-state index in [1.54, 1.807) is 12.3 Å². The zero-order valence-corrected chi connectivity index (χ0v) is 19.4. The highest BCUT2D eigenvalue weighted by Crippen LogP contribution is 2.29. The number of aromatic nitrogens is 1. The fourth-order valence-electron chi connectivity index (χ4n) is 4.60. The zero-order valence-electron chi connectivity index (χ0n) is 17.8. The van der Waals surface area contributed by atoms with Gasteiger partial charge < -0.3 is 19.7 Å². The molecule has 33 heavy (non-hydrogen) atoms. The van der Waals surface area contributed by atoms with Gasteiger partial charge in [-0.1, -0.05) is 28.1 Å². The summed E-state index contributed by atoms with van der Waals surface area (Å²) in [5, 5.41) is 19.8. The minimum Gasteiger partial charge on any atom is -0.394 e. The van der Waals surface area contributed by atoms with E-state index in [2.05, 4.69) is 25.8 Å². The number of β-amino-alcohol motifs (C(OH)–C–C–N with tert-alkyl or cyclic N) is 1. The minimum atomic E-state index is -0.695. The molecule has 2 aromatic carbocycles. The summed E-state index contributed by atoms with van der Waals surface area (Å²) in [6.45, 7) is 1.63. The first-order valence-corrected chi connectivity index (χ1v) is 11.6. The first-order chi connectivity index (χ1) is 15.9. The second-order valence-corrected chi connectivity index (χ2v) is 9.38. The third kappa shape index (κ3) is 4.26. The second-order valence-electron chi connectivity index (χ2n) is 8.46. The summed E-state index contributed by atoms with van der Waals surface area (Å²) < 4.78 is 15.8. The molecule has 5 rings (SSSR count). The number of nitrogens with zero attached hydrogens (tertiary/aromatic N) is 3. The Bertz CT molecular complexity index is 1290. The van der Waals surface area contributed by atoms with Gasteiger partial charge in [0.25, 0.3) is 5.56 Å². The summed E-state index contributed by atoms with van der Waals surface area (Å²) in [7, 11) is 0. The molecule has 1 saturated heterocycles. The Hall–Kier alpha value is -2.81. The van der Waals surface area contributed by atoms with Crippen LogP contribution in [0.25, 0.3) is 11.1 Å². The zero-order chi connectivity index (χ0) is 23.1. The van der Waals surface area contributed by atoms with Crippen LogP contribution >= 0.6 is 15.9 Å². The van der Waals surface area contributed by atoms with Crippen molar-refractivity contribution in [3.8, 4) is 11.1 Å². The number of rotatable bonds is 4. The number of hydrogen-bond acceptors (Lipinski definition) is 5. The maximum Gasteiger partial charge on any atom is 0.251 e. The number of amidine groups is 1. The molecule has 3 heterocycles. The summed E-state index contributed by atoms with van der Waals surface area (Å²) in [5.74, 6) is 0.456. The molecule has 0 saturated carbocycles.